The van der Waals surface area contributed by atoms with Crippen LogP contribution in [-0.4, -0.2) is 139 Å². The molecule has 8 bridgehead atoms. The van der Waals surface area contributed by atoms with Gasteiger partial charge in [-0.3, -0.25) is 0 Å². The lowest BCUT2D eigenvalue weighted by molar-refractivity contribution is -0.277. The standard InChI is InChI=1S/C29H34O17/c1-38-14-6-11-4-5-13(14)43-28-23(34)21(32)19(30)17(44-28)10-42-27(37)12-7-15(39-2)25(16(8-12)40-3)46-29-24(35)22(33)20(31)18(45-29)9-41-26(11)36/h4-8,17-24,28-35H,9-10H2,1-3H3/t17?,18?,19-,20-,21+,22-,23-,24-,28?,29?/m1/s1. The van der Waals surface area contributed by atoms with Crippen LogP contribution in [0.4, 0.5) is 0 Å². The van der Waals surface area contributed by atoms with E-state index < -0.39 is 86.6 Å². The van der Waals surface area contributed by atoms with E-state index in [0.717, 1.165) is 0 Å². The molecule has 6 aliphatic rings. The van der Waals surface area contributed by atoms with Crippen molar-refractivity contribution in [2.75, 3.05) is 34.5 Å². The van der Waals surface area contributed by atoms with Gasteiger partial charge in [0, 0.05) is 0 Å². The van der Waals surface area contributed by atoms with E-state index in [2.05, 4.69) is 0 Å². The highest BCUT2D eigenvalue weighted by molar-refractivity contribution is 5.91. The number of hydrogen-bond donors (Lipinski definition) is 6. The Hall–Kier alpha value is -3.94. The Bertz CT molecular complexity index is 1390. The fourth-order valence-electron chi connectivity index (χ4n) is 5.03. The lowest BCUT2D eigenvalue weighted by Crippen LogP contribution is -2.60. The molecule has 46 heavy (non-hydrogen) atoms. The van der Waals surface area contributed by atoms with Crippen LogP contribution in [0.3, 0.4) is 0 Å². The van der Waals surface area contributed by atoms with E-state index in [4.69, 9.17) is 42.6 Å². The van der Waals surface area contributed by atoms with Crippen LogP contribution in [0.15, 0.2) is 30.3 Å². The fourth-order valence-corrected chi connectivity index (χ4v) is 5.03. The van der Waals surface area contributed by atoms with E-state index in [1.165, 1.54) is 51.7 Å². The van der Waals surface area contributed by atoms with Crippen LogP contribution in [0, 0.1) is 0 Å². The third-order valence-corrected chi connectivity index (χ3v) is 7.67. The van der Waals surface area contributed by atoms with Crippen LogP contribution in [0.25, 0.3) is 0 Å². The summed E-state index contributed by atoms with van der Waals surface area (Å²) in [5, 5.41) is 63.3. The van der Waals surface area contributed by atoms with Crippen molar-refractivity contribution in [2.45, 2.75) is 61.4 Å². The molecule has 0 radical (unpaired) electrons. The van der Waals surface area contributed by atoms with E-state index in [9.17, 15) is 40.2 Å². The van der Waals surface area contributed by atoms with Crippen LogP contribution in [0.2, 0.25) is 0 Å². The topological polar surface area (TPSA) is 239 Å². The number of hydrogen-bond acceptors (Lipinski definition) is 17. The van der Waals surface area contributed by atoms with Gasteiger partial charge in [0.05, 0.1) is 32.5 Å². The molecule has 8 rings (SSSR count). The summed E-state index contributed by atoms with van der Waals surface area (Å²) in [4.78, 5) is 26.0. The summed E-state index contributed by atoms with van der Waals surface area (Å²) in [5.74, 6) is -2.23. The summed E-state index contributed by atoms with van der Waals surface area (Å²) in [6.07, 6.45) is -16.4. The zero-order valence-electron chi connectivity index (χ0n) is 24.7. The van der Waals surface area contributed by atoms with Gasteiger partial charge in [-0.1, -0.05) is 0 Å². The number of ether oxygens (including phenoxy) is 9. The number of aliphatic hydroxyl groups is 6. The van der Waals surface area contributed by atoms with Gasteiger partial charge in [-0.15, -0.1) is 0 Å². The molecule has 0 amide bonds. The normalized spacial score (nSPS) is 33.3. The van der Waals surface area contributed by atoms with E-state index in [1.54, 1.807) is 0 Å². The maximum Gasteiger partial charge on any atom is 0.338 e. The predicted molar refractivity (Wildman–Crippen MR) is 148 cm³/mol. The molecular weight excluding hydrogens is 620 g/mol. The number of aliphatic hydroxyl groups excluding tert-OH is 6. The summed E-state index contributed by atoms with van der Waals surface area (Å²) >= 11 is 0. The number of rotatable bonds is 3. The second-order valence-electron chi connectivity index (χ2n) is 10.5. The van der Waals surface area contributed by atoms with Crippen molar-refractivity contribution in [3.63, 3.8) is 0 Å². The Morgan fingerprint density at radius 2 is 1.04 bits per heavy atom. The molecule has 10 atom stereocenters. The smallest absolute Gasteiger partial charge is 0.338 e. The van der Waals surface area contributed by atoms with E-state index in [1.807, 2.05) is 0 Å². The van der Waals surface area contributed by atoms with E-state index >= 15 is 0 Å². The van der Waals surface area contributed by atoms with Crippen LogP contribution in [0.1, 0.15) is 20.7 Å². The molecule has 6 N–H and O–H groups in total. The Kier molecular flexibility index (Phi) is 10.0. The molecule has 0 spiro atoms. The van der Waals surface area contributed by atoms with Gasteiger partial charge >= 0.3 is 11.9 Å². The number of methoxy groups -OCH3 is 3. The van der Waals surface area contributed by atoms with Crippen molar-refractivity contribution < 1.29 is 82.9 Å². The molecule has 17 heteroatoms. The Balaban J connectivity index is 1.52. The van der Waals surface area contributed by atoms with Gasteiger partial charge in [0.1, 0.15) is 62.0 Å². The van der Waals surface area contributed by atoms with Crippen LogP contribution >= 0.6 is 0 Å². The molecule has 17 nitrogen and oxygen atoms in total. The van der Waals surface area contributed by atoms with E-state index in [0.29, 0.717) is 0 Å². The highest BCUT2D eigenvalue weighted by Gasteiger charge is 2.47. The average Bonchev–Trinajstić information content (AvgIpc) is 3.06. The second kappa shape index (κ2) is 13.8. The molecular formula is C29H34O17. The number of benzene rings is 2. The first-order valence-corrected chi connectivity index (χ1v) is 14.0. The summed E-state index contributed by atoms with van der Waals surface area (Å²) in [6.45, 7) is -1.19. The molecule has 4 unspecified atom stereocenters. The maximum atomic E-state index is 13.1. The molecule has 2 fully saturated rings. The largest absolute Gasteiger partial charge is 0.493 e. The van der Waals surface area contributed by atoms with Crippen LogP contribution in [-0.2, 0) is 18.9 Å². The Labute approximate surface area is 261 Å². The molecule has 252 valence electrons. The van der Waals surface area contributed by atoms with Crippen molar-refractivity contribution >= 4 is 11.9 Å². The van der Waals surface area contributed by atoms with Gasteiger partial charge in [-0.2, -0.15) is 0 Å². The van der Waals surface area contributed by atoms with Crippen molar-refractivity contribution in [3.8, 4) is 28.7 Å². The lowest BCUT2D eigenvalue weighted by atomic mass is 9.99. The fraction of sp³-hybridized carbons (Fsp3) is 0.517. The molecule has 2 aromatic carbocycles. The maximum absolute atomic E-state index is 13.1. The third kappa shape index (κ3) is 6.49. The van der Waals surface area contributed by atoms with Crippen molar-refractivity contribution in [3.05, 3.63) is 41.5 Å². The first-order valence-electron chi connectivity index (χ1n) is 14.0. The molecule has 6 heterocycles. The molecule has 0 aromatic heterocycles. The number of carbonyl (C=O) groups is 2. The molecule has 6 aliphatic heterocycles. The third-order valence-electron chi connectivity index (χ3n) is 7.67. The van der Waals surface area contributed by atoms with Gasteiger partial charge < -0.3 is 73.3 Å². The summed E-state index contributed by atoms with van der Waals surface area (Å²) in [6, 6.07) is 6.25. The monoisotopic (exact) mass is 654 g/mol. The van der Waals surface area contributed by atoms with Crippen molar-refractivity contribution in [1.82, 2.24) is 0 Å². The highest BCUT2D eigenvalue weighted by atomic mass is 16.7. The molecule has 2 aromatic rings. The molecule has 0 aliphatic carbocycles. The lowest BCUT2D eigenvalue weighted by Gasteiger charge is -2.40. The zero-order valence-corrected chi connectivity index (χ0v) is 24.7. The van der Waals surface area contributed by atoms with Gasteiger partial charge in [-0.25, -0.2) is 9.59 Å². The van der Waals surface area contributed by atoms with E-state index in [-0.39, 0.29) is 39.9 Å². The summed E-state index contributed by atoms with van der Waals surface area (Å²) in [5.41, 5.74) is -0.151. The van der Waals surface area contributed by atoms with Crippen molar-refractivity contribution in [1.29, 1.82) is 0 Å². The average molecular weight is 655 g/mol. The minimum atomic E-state index is -1.79. The minimum absolute atomic E-state index is 0.0112. The van der Waals surface area contributed by atoms with Gasteiger partial charge in [0.25, 0.3) is 0 Å². The zero-order chi connectivity index (χ0) is 33.3. The minimum Gasteiger partial charge on any atom is -0.493 e. The van der Waals surface area contributed by atoms with Gasteiger partial charge in [0.15, 0.2) is 23.0 Å². The second-order valence-corrected chi connectivity index (χ2v) is 10.5. The molecule has 2 saturated heterocycles. The first kappa shape index (κ1) is 33.4. The highest BCUT2D eigenvalue weighted by Crippen LogP contribution is 2.41. The number of esters is 2. The Morgan fingerprint density at radius 1 is 0.587 bits per heavy atom. The summed E-state index contributed by atoms with van der Waals surface area (Å²) in [7, 11) is 3.77. The SMILES string of the molecule is COc1cc2ccc1OC1OC(COC(=O)c3cc(OC)c(c(OC)c3)OC3OC(COC2=O)[C@@H](O)[C@@H](O)[C@H]3O)[C@@H](O)[C@H](O)[C@H]1O. The Morgan fingerprint density at radius 3 is 1.54 bits per heavy atom. The number of carbonyl (C=O) groups excluding carboxylic acids is 2. The summed E-state index contributed by atoms with van der Waals surface area (Å²) < 4.78 is 49.5. The van der Waals surface area contributed by atoms with Crippen molar-refractivity contribution in [2.24, 2.45) is 0 Å². The van der Waals surface area contributed by atoms with Gasteiger partial charge in [-0.05, 0) is 30.3 Å². The van der Waals surface area contributed by atoms with Crippen LogP contribution in [0.5, 0.6) is 28.7 Å². The first-order chi connectivity index (χ1) is 22.0. The van der Waals surface area contributed by atoms with Crippen LogP contribution < -0.4 is 23.7 Å². The van der Waals surface area contributed by atoms with Gasteiger partial charge in [0.2, 0.25) is 18.3 Å². The molecule has 0 saturated carbocycles. The quantitative estimate of drug-likeness (QED) is 0.198. The predicted octanol–water partition coefficient (Wildman–Crippen LogP) is -1.89.